The van der Waals surface area contributed by atoms with Crippen LogP contribution in [0.2, 0.25) is 0 Å². The molecule has 1 fully saturated rings. The molecule has 1 aromatic carbocycles. The Labute approximate surface area is 140 Å². The summed E-state index contributed by atoms with van der Waals surface area (Å²) >= 11 is 0. The number of piperazine rings is 1. The van der Waals surface area contributed by atoms with Gasteiger partial charge in [-0.2, -0.15) is 0 Å². The van der Waals surface area contributed by atoms with E-state index in [2.05, 4.69) is 5.32 Å². The molecule has 0 aromatic heterocycles. The molecule has 1 aliphatic rings. The van der Waals surface area contributed by atoms with E-state index in [1.807, 2.05) is 0 Å². The van der Waals surface area contributed by atoms with Crippen LogP contribution in [-0.2, 0) is 0 Å². The van der Waals surface area contributed by atoms with Crippen LogP contribution in [-0.4, -0.2) is 60.4 Å². The standard InChI is InChI=1S/C15H22F2N2O3.ClH/c1-2-22-12-5-3-4-11(13(12)21)14(15(16,17)10-20)19-8-6-18-7-9-19;/h3-5,14,18,20-21H,2,6-10H2,1H3;1H/t14-;/m1./s1. The maximum absolute atomic E-state index is 14.3. The van der Waals surface area contributed by atoms with E-state index in [1.54, 1.807) is 17.9 Å². The zero-order chi connectivity index (χ0) is 16.2. The number of halogens is 3. The average molecular weight is 353 g/mol. The maximum Gasteiger partial charge on any atom is 0.290 e. The number of benzene rings is 1. The van der Waals surface area contributed by atoms with Crippen molar-refractivity contribution in [1.82, 2.24) is 10.2 Å². The second kappa shape index (κ2) is 8.63. The van der Waals surface area contributed by atoms with Crippen molar-refractivity contribution in [2.75, 3.05) is 39.4 Å². The van der Waals surface area contributed by atoms with Gasteiger partial charge in [0.25, 0.3) is 5.92 Å². The molecule has 2 rings (SSSR count). The molecule has 1 saturated heterocycles. The monoisotopic (exact) mass is 352 g/mol. The van der Waals surface area contributed by atoms with Crippen LogP contribution in [0.1, 0.15) is 18.5 Å². The number of rotatable bonds is 6. The van der Waals surface area contributed by atoms with E-state index in [1.165, 1.54) is 12.1 Å². The van der Waals surface area contributed by atoms with Gasteiger partial charge in [-0.1, -0.05) is 12.1 Å². The van der Waals surface area contributed by atoms with Gasteiger partial charge in [-0.05, 0) is 13.0 Å². The quantitative estimate of drug-likeness (QED) is 0.728. The molecule has 23 heavy (non-hydrogen) atoms. The lowest BCUT2D eigenvalue weighted by atomic mass is 9.97. The van der Waals surface area contributed by atoms with Crippen molar-refractivity contribution in [3.63, 3.8) is 0 Å². The fourth-order valence-corrected chi connectivity index (χ4v) is 2.75. The Morgan fingerprint density at radius 2 is 2.00 bits per heavy atom. The van der Waals surface area contributed by atoms with Crippen molar-refractivity contribution in [2.24, 2.45) is 0 Å². The highest BCUT2D eigenvalue weighted by Gasteiger charge is 2.45. The highest BCUT2D eigenvalue weighted by molar-refractivity contribution is 5.85. The predicted molar refractivity (Wildman–Crippen MR) is 85.7 cm³/mol. The minimum absolute atomic E-state index is 0. The first-order chi connectivity index (χ1) is 10.5. The average Bonchev–Trinajstić information content (AvgIpc) is 2.52. The zero-order valence-electron chi connectivity index (χ0n) is 13.0. The minimum atomic E-state index is -3.36. The lowest BCUT2D eigenvalue weighted by Crippen LogP contribution is -2.51. The molecule has 0 radical (unpaired) electrons. The second-order valence-electron chi connectivity index (χ2n) is 5.23. The topological polar surface area (TPSA) is 65.0 Å². The lowest BCUT2D eigenvalue weighted by molar-refractivity contribution is -0.119. The number of nitrogens with zero attached hydrogens (tertiary/aromatic N) is 1. The van der Waals surface area contributed by atoms with E-state index in [9.17, 15) is 13.9 Å². The molecule has 8 heteroatoms. The smallest absolute Gasteiger partial charge is 0.290 e. The highest BCUT2D eigenvalue weighted by Crippen LogP contribution is 2.43. The van der Waals surface area contributed by atoms with Crippen LogP contribution < -0.4 is 10.1 Å². The Hall–Kier alpha value is -1.15. The maximum atomic E-state index is 14.3. The minimum Gasteiger partial charge on any atom is -0.504 e. The molecule has 0 bridgehead atoms. The SMILES string of the molecule is CCOc1cccc([C@@H](N2CCNCC2)C(F)(F)CO)c1O.Cl. The third kappa shape index (κ3) is 4.44. The van der Waals surface area contributed by atoms with Crippen molar-refractivity contribution < 1.29 is 23.7 Å². The second-order valence-corrected chi connectivity index (χ2v) is 5.23. The number of hydrogen-bond donors (Lipinski definition) is 3. The number of aliphatic hydroxyl groups is 1. The van der Waals surface area contributed by atoms with Gasteiger partial charge in [-0.3, -0.25) is 4.90 Å². The Kier molecular flexibility index (Phi) is 7.47. The van der Waals surface area contributed by atoms with Crippen LogP contribution >= 0.6 is 12.4 Å². The number of nitrogens with one attached hydrogen (secondary N) is 1. The summed E-state index contributed by atoms with van der Waals surface area (Å²) in [6.45, 7) is 2.80. The predicted octanol–water partition coefficient (Wildman–Crippen LogP) is 1.79. The number of para-hydroxylation sites is 1. The van der Waals surface area contributed by atoms with E-state index >= 15 is 0 Å². The van der Waals surface area contributed by atoms with Gasteiger partial charge in [-0.25, -0.2) is 8.78 Å². The summed E-state index contributed by atoms with van der Waals surface area (Å²) in [4.78, 5) is 1.58. The summed E-state index contributed by atoms with van der Waals surface area (Å²) in [5.41, 5.74) is 0.0758. The van der Waals surface area contributed by atoms with Crippen LogP contribution in [0.25, 0.3) is 0 Å². The van der Waals surface area contributed by atoms with E-state index < -0.39 is 18.6 Å². The van der Waals surface area contributed by atoms with Gasteiger partial charge in [0, 0.05) is 31.7 Å². The largest absolute Gasteiger partial charge is 0.504 e. The fraction of sp³-hybridized carbons (Fsp3) is 0.600. The van der Waals surface area contributed by atoms with Gasteiger partial charge in [0.05, 0.1) is 6.61 Å². The van der Waals surface area contributed by atoms with Gasteiger partial charge in [0.2, 0.25) is 0 Å². The lowest BCUT2D eigenvalue weighted by Gasteiger charge is -2.39. The number of aromatic hydroxyl groups is 1. The molecule has 0 saturated carbocycles. The number of alkyl halides is 2. The van der Waals surface area contributed by atoms with Crippen LogP contribution in [0.3, 0.4) is 0 Å². The Bertz CT molecular complexity index is 500. The summed E-state index contributed by atoms with van der Waals surface area (Å²) in [6, 6.07) is 3.17. The number of phenols is 1. The molecule has 0 amide bonds. The summed E-state index contributed by atoms with van der Waals surface area (Å²) in [5.74, 6) is -3.48. The molecule has 1 aliphatic heterocycles. The van der Waals surface area contributed by atoms with E-state index in [0.29, 0.717) is 32.8 Å². The van der Waals surface area contributed by atoms with Gasteiger partial charge in [0.1, 0.15) is 12.6 Å². The summed E-state index contributed by atoms with van der Waals surface area (Å²) in [6.07, 6.45) is 0. The Morgan fingerprint density at radius 1 is 1.35 bits per heavy atom. The van der Waals surface area contributed by atoms with Gasteiger partial charge >= 0.3 is 0 Å². The molecular weight excluding hydrogens is 330 g/mol. The molecule has 1 aromatic rings. The van der Waals surface area contributed by atoms with Crippen LogP contribution in [0.15, 0.2) is 18.2 Å². The van der Waals surface area contributed by atoms with Gasteiger partial charge in [-0.15, -0.1) is 12.4 Å². The molecule has 1 heterocycles. The van der Waals surface area contributed by atoms with E-state index in [4.69, 9.17) is 9.84 Å². The normalized spacial score (nSPS) is 17.4. The van der Waals surface area contributed by atoms with Crippen molar-refractivity contribution in [2.45, 2.75) is 18.9 Å². The van der Waals surface area contributed by atoms with Crippen molar-refractivity contribution in [1.29, 1.82) is 0 Å². The molecule has 0 spiro atoms. The number of phenolic OH excluding ortho intramolecular Hbond substituents is 1. The van der Waals surface area contributed by atoms with E-state index in [-0.39, 0.29) is 29.5 Å². The third-order valence-corrected chi connectivity index (χ3v) is 3.75. The summed E-state index contributed by atoms with van der Waals surface area (Å²) < 4.78 is 33.9. The van der Waals surface area contributed by atoms with Crippen molar-refractivity contribution in [3.05, 3.63) is 23.8 Å². The molecule has 1 atom stereocenters. The fourth-order valence-electron chi connectivity index (χ4n) is 2.75. The summed E-state index contributed by atoms with van der Waals surface area (Å²) in [7, 11) is 0. The Morgan fingerprint density at radius 3 is 2.57 bits per heavy atom. The number of ether oxygens (including phenoxy) is 1. The van der Waals surface area contributed by atoms with Crippen LogP contribution in [0.4, 0.5) is 8.78 Å². The molecular formula is C15H23ClF2N2O3. The van der Waals surface area contributed by atoms with E-state index in [0.717, 1.165) is 0 Å². The molecule has 3 N–H and O–H groups in total. The Balaban J connectivity index is 0.00000264. The molecule has 0 unspecified atom stereocenters. The van der Waals surface area contributed by atoms with Gasteiger partial charge in [0.15, 0.2) is 11.5 Å². The number of aliphatic hydroxyl groups excluding tert-OH is 1. The first-order valence-corrected chi connectivity index (χ1v) is 7.39. The first kappa shape index (κ1) is 19.9. The third-order valence-electron chi connectivity index (χ3n) is 3.75. The summed E-state index contributed by atoms with van der Waals surface area (Å²) in [5, 5.41) is 22.5. The van der Waals surface area contributed by atoms with Crippen LogP contribution in [0, 0.1) is 0 Å². The first-order valence-electron chi connectivity index (χ1n) is 7.39. The van der Waals surface area contributed by atoms with Gasteiger partial charge < -0.3 is 20.3 Å². The zero-order valence-corrected chi connectivity index (χ0v) is 13.8. The van der Waals surface area contributed by atoms with Crippen LogP contribution in [0.5, 0.6) is 11.5 Å². The molecule has 132 valence electrons. The molecule has 5 nitrogen and oxygen atoms in total. The molecule has 0 aliphatic carbocycles. The van der Waals surface area contributed by atoms with Crippen molar-refractivity contribution >= 4 is 12.4 Å². The highest BCUT2D eigenvalue weighted by atomic mass is 35.5. The van der Waals surface area contributed by atoms with Crippen molar-refractivity contribution in [3.8, 4) is 11.5 Å². The number of hydrogen-bond acceptors (Lipinski definition) is 5.